The van der Waals surface area contributed by atoms with Gasteiger partial charge in [-0.2, -0.15) is 5.10 Å². The van der Waals surface area contributed by atoms with Gasteiger partial charge in [0.15, 0.2) is 0 Å². The summed E-state index contributed by atoms with van der Waals surface area (Å²) in [6.45, 7) is 7.67. The van der Waals surface area contributed by atoms with Crippen LogP contribution in [0.5, 0.6) is 0 Å². The van der Waals surface area contributed by atoms with Crippen molar-refractivity contribution in [1.82, 2.24) is 15.1 Å². The molecule has 1 aromatic carbocycles. The van der Waals surface area contributed by atoms with Crippen molar-refractivity contribution in [2.24, 2.45) is 0 Å². The second-order valence-electron chi connectivity index (χ2n) is 6.32. The van der Waals surface area contributed by atoms with E-state index < -0.39 is 0 Å². The first kappa shape index (κ1) is 15.6. The molecule has 122 valence electrons. The van der Waals surface area contributed by atoms with E-state index in [-0.39, 0.29) is 18.0 Å². The summed E-state index contributed by atoms with van der Waals surface area (Å²) in [5.41, 5.74) is 3.18. The van der Waals surface area contributed by atoms with Crippen LogP contribution < -0.4 is 10.2 Å². The van der Waals surface area contributed by atoms with Gasteiger partial charge in [0.05, 0.1) is 5.69 Å². The van der Waals surface area contributed by atoms with E-state index >= 15 is 0 Å². The van der Waals surface area contributed by atoms with E-state index in [2.05, 4.69) is 27.4 Å². The van der Waals surface area contributed by atoms with E-state index in [1.165, 1.54) is 5.69 Å². The van der Waals surface area contributed by atoms with Crippen molar-refractivity contribution >= 4 is 11.6 Å². The number of nitrogens with zero attached hydrogens (tertiary/aromatic N) is 3. The number of aryl methyl sites for hydroxylation is 2. The van der Waals surface area contributed by atoms with Crippen LogP contribution in [0, 0.1) is 13.8 Å². The van der Waals surface area contributed by atoms with Crippen LogP contribution in [0.1, 0.15) is 30.8 Å². The van der Waals surface area contributed by atoms with Crippen LogP contribution in [0.25, 0.3) is 0 Å². The molecule has 1 saturated heterocycles. The summed E-state index contributed by atoms with van der Waals surface area (Å²) in [6, 6.07) is 12.3. The maximum atomic E-state index is 12.5. The second-order valence-corrected chi connectivity index (χ2v) is 6.32. The van der Waals surface area contributed by atoms with Crippen LogP contribution >= 0.6 is 0 Å². The largest absolute Gasteiger partial charge is 0.369 e. The first-order valence-corrected chi connectivity index (χ1v) is 8.17. The lowest BCUT2D eigenvalue weighted by Crippen LogP contribution is -2.41. The van der Waals surface area contributed by atoms with Crippen molar-refractivity contribution in [3.05, 3.63) is 47.8 Å². The summed E-state index contributed by atoms with van der Waals surface area (Å²) >= 11 is 0. The molecule has 5 heteroatoms. The van der Waals surface area contributed by atoms with Crippen molar-refractivity contribution in [3.8, 4) is 0 Å². The molecule has 0 saturated carbocycles. The summed E-state index contributed by atoms with van der Waals surface area (Å²) in [7, 11) is 0. The third-order valence-corrected chi connectivity index (χ3v) is 4.45. The second kappa shape index (κ2) is 6.44. The van der Waals surface area contributed by atoms with Gasteiger partial charge in [0, 0.05) is 30.5 Å². The highest BCUT2D eigenvalue weighted by molar-refractivity contribution is 5.80. The van der Waals surface area contributed by atoms with Crippen LogP contribution in [0.2, 0.25) is 0 Å². The Kier molecular flexibility index (Phi) is 4.37. The minimum atomic E-state index is -0.283. The molecular formula is C18H24N4O. The zero-order valence-electron chi connectivity index (χ0n) is 14.0. The molecule has 5 nitrogen and oxygen atoms in total. The maximum absolute atomic E-state index is 12.5. The number of para-hydroxylation sites is 1. The van der Waals surface area contributed by atoms with Crippen molar-refractivity contribution in [2.45, 2.75) is 39.3 Å². The number of rotatable bonds is 4. The Balaban J connectivity index is 1.60. The number of carbonyl (C=O) groups is 1. The Morgan fingerprint density at radius 1 is 1.30 bits per heavy atom. The third-order valence-electron chi connectivity index (χ3n) is 4.45. The molecule has 2 aromatic rings. The Labute approximate surface area is 137 Å². The first-order valence-electron chi connectivity index (χ1n) is 8.17. The Hall–Kier alpha value is -2.30. The van der Waals surface area contributed by atoms with Crippen LogP contribution in [-0.2, 0) is 4.79 Å². The van der Waals surface area contributed by atoms with E-state index in [1.807, 2.05) is 45.0 Å². The van der Waals surface area contributed by atoms with Gasteiger partial charge in [-0.25, -0.2) is 0 Å². The molecule has 1 aliphatic rings. The number of hydrogen-bond acceptors (Lipinski definition) is 3. The van der Waals surface area contributed by atoms with E-state index in [1.54, 1.807) is 4.68 Å². The number of anilines is 1. The molecule has 0 aliphatic carbocycles. The number of hydrogen-bond donors (Lipinski definition) is 1. The van der Waals surface area contributed by atoms with E-state index in [0.29, 0.717) is 0 Å². The van der Waals surface area contributed by atoms with E-state index in [9.17, 15) is 4.79 Å². The molecule has 3 rings (SSSR count). The highest BCUT2D eigenvalue weighted by Gasteiger charge is 2.26. The summed E-state index contributed by atoms with van der Waals surface area (Å²) in [6.07, 6.45) is 0.977. The zero-order chi connectivity index (χ0) is 16.4. The molecule has 1 aromatic heterocycles. The van der Waals surface area contributed by atoms with Gasteiger partial charge in [-0.3, -0.25) is 9.48 Å². The van der Waals surface area contributed by atoms with Crippen LogP contribution in [0.15, 0.2) is 36.4 Å². The lowest BCUT2D eigenvalue weighted by atomic mass is 10.2. The zero-order valence-corrected chi connectivity index (χ0v) is 14.0. The lowest BCUT2D eigenvalue weighted by Gasteiger charge is -2.20. The molecule has 1 amide bonds. The minimum Gasteiger partial charge on any atom is -0.369 e. The number of carbonyl (C=O) groups excluding carboxylic acids is 1. The van der Waals surface area contributed by atoms with Crippen molar-refractivity contribution in [2.75, 3.05) is 18.0 Å². The number of amides is 1. The molecule has 23 heavy (non-hydrogen) atoms. The number of aromatic nitrogens is 2. The molecule has 1 aliphatic heterocycles. The molecule has 2 heterocycles. The molecule has 0 bridgehead atoms. The Morgan fingerprint density at radius 3 is 2.70 bits per heavy atom. The summed E-state index contributed by atoms with van der Waals surface area (Å²) in [4.78, 5) is 14.8. The molecule has 1 fully saturated rings. The van der Waals surface area contributed by atoms with E-state index in [0.717, 1.165) is 30.9 Å². The average molecular weight is 312 g/mol. The Bertz CT molecular complexity index is 680. The number of benzene rings is 1. The summed E-state index contributed by atoms with van der Waals surface area (Å²) < 4.78 is 1.80. The molecule has 0 spiro atoms. The van der Waals surface area contributed by atoms with Gasteiger partial charge in [-0.05, 0) is 45.4 Å². The minimum absolute atomic E-state index is 0.0381. The van der Waals surface area contributed by atoms with Crippen molar-refractivity contribution < 1.29 is 4.79 Å². The highest BCUT2D eigenvalue weighted by Crippen LogP contribution is 2.20. The lowest BCUT2D eigenvalue weighted by molar-refractivity contribution is -0.124. The van der Waals surface area contributed by atoms with E-state index in [4.69, 9.17) is 0 Å². The predicted molar refractivity (Wildman–Crippen MR) is 91.6 cm³/mol. The van der Waals surface area contributed by atoms with Crippen molar-refractivity contribution in [3.63, 3.8) is 0 Å². The third kappa shape index (κ3) is 3.38. The van der Waals surface area contributed by atoms with Gasteiger partial charge in [0.2, 0.25) is 5.91 Å². The average Bonchev–Trinajstić information content (AvgIpc) is 3.13. The molecular weight excluding hydrogens is 288 g/mol. The van der Waals surface area contributed by atoms with Gasteiger partial charge < -0.3 is 10.2 Å². The normalized spacial score (nSPS) is 18.9. The van der Waals surface area contributed by atoms with Gasteiger partial charge >= 0.3 is 0 Å². The van der Waals surface area contributed by atoms with Gasteiger partial charge in [0.25, 0.3) is 0 Å². The molecule has 0 radical (unpaired) electrons. The topological polar surface area (TPSA) is 50.2 Å². The smallest absolute Gasteiger partial charge is 0.244 e. The van der Waals surface area contributed by atoms with Gasteiger partial charge in [0.1, 0.15) is 6.04 Å². The monoisotopic (exact) mass is 312 g/mol. The fourth-order valence-corrected chi connectivity index (χ4v) is 3.22. The SMILES string of the molecule is Cc1cc(C)n([C@@H](C)C(=O)N[C@H]2CCN(c3ccccc3)C2)n1. The quantitative estimate of drug-likeness (QED) is 0.943. The van der Waals surface area contributed by atoms with Crippen LogP contribution in [-0.4, -0.2) is 34.8 Å². The predicted octanol–water partition coefficient (Wildman–Crippen LogP) is 2.46. The van der Waals surface area contributed by atoms with Gasteiger partial charge in [-0.15, -0.1) is 0 Å². The fourth-order valence-electron chi connectivity index (χ4n) is 3.22. The number of nitrogens with one attached hydrogen (secondary N) is 1. The molecule has 2 atom stereocenters. The standard InChI is InChI=1S/C18H24N4O/c1-13-11-14(2)22(20-13)15(3)18(23)19-16-9-10-21(12-16)17-7-5-4-6-8-17/h4-8,11,15-16H,9-10,12H2,1-3H3,(H,19,23)/t15-,16-/m0/s1. The summed E-state index contributed by atoms with van der Waals surface area (Å²) in [5.74, 6) is 0.0381. The first-order chi connectivity index (χ1) is 11.0. The molecule has 1 N–H and O–H groups in total. The molecule has 0 unspecified atom stereocenters. The summed E-state index contributed by atoms with van der Waals surface area (Å²) in [5, 5.41) is 7.59. The Morgan fingerprint density at radius 2 is 2.04 bits per heavy atom. The fraction of sp³-hybridized carbons (Fsp3) is 0.444. The van der Waals surface area contributed by atoms with Crippen LogP contribution in [0.3, 0.4) is 0 Å². The highest BCUT2D eigenvalue weighted by atomic mass is 16.2. The van der Waals surface area contributed by atoms with Crippen LogP contribution in [0.4, 0.5) is 5.69 Å². The maximum Gasteiger partial charge on any atom is 0.244 e. The van der Waals surface area contributed by atoms with Crippen molar-refractivity contribution in [1.29, 1.82) is 0 Å². The van der Waals surface area contributed by atoms with Gasteiger partial charge in [-0.1, -0.05) is 18.2 Å².